The van der Waals surface area contributed by atoms with Crippen LogP contribution in [0.4, 0.5) is 0 Å². The molecule has 12 heavy (non-hydrogen) atoms. The molecule has 0 aromatic heterocycles. The van der Waals surface area contributed by atoms with Gasteiger partial charge in [0.1, 0.15) is 0 Å². The Morgan fingerprint density at radius 1 is 1.33 bits per heavy atom. The predicted molar refractivity (Wildman–Crippen MR) is 60.9 cm³/mol. The average Bonchev–Trinajstić information content (AvgIpc) is 2.28. The molecule has 0 saturated carbocycles. The van der Waals surface area contributed by atoms with Crippen molar-refractivity contribution in [1.82, 2.24) is 0 Å². The molecule has 1 fully saturated rings. The van der Waals surface area contributed by atoms with Crippen LogP contribution in [0.2, 0.25) is 0 Å². The number of hydrogen-bond acceptors (Lipinski definition) is 1. The van der Waals surface area contributed by atoms with Gasteiger partial charge in [0.15, 0.2) is 0 Å². The summed E-state index contributed by atoms with van der Waals surface area (Å²) in [5.74, 6) is 0.688. The summed E-state index contributed by atoms with van der Waals surface area (Å²) < 4.78 is 7.17. The van der Waals surface area contributed by atoms with Crippen LogP contribution in [0.25, 0.3) is 0 Å². The topological polar surface area (TPSA) is 9.23 Å². The molecule has 2 atom stereocenters. The van der Waals surface area contributed by atoms with E-state index < -0.39 is 0 Å². The van der Waals surface area contributed by atoms with Crippen LogP contribution >= 0.6 is 22.6 Å². The zero-order chi connectivity index (χ0) is 8.97. The van der Waals surface area contributed by atoms with Crippen molar-refractivity contribution in [2.75, 3.05) is 4.43 Å². The third-order valence-electron chi connectivity index (χ3n) is 2.55. The lowest BCUT2D eigenvalue weighted by atomic mass is 10.0. The highest BCUT2D eigenvalue weighted by atomic mass is 127. The van der Waals surface area contributed by atoms with E-state index in [1.165, 1.54) is 25.7 Å². The number of rotatable bonds is 2. The zero-order valence-corrected chi connectivity index (χ0v) is 10.2. The molecule has 72 valence electrons. The Morgan fingerprint density at radius 2 is 2.00 bits per heavy atom. The third kappa shape index (κ3) is 3.21. The summed E-state index contributed by atoms with van der Waals surface area (Å²) in [5, 5.41) is 0. The minimum Gasteiger partial charge on any atom is -0.374 e. The largest absolute Gasteiger partial charge is 0.374 e. The van der Waals surface area contributed by atoms with Crippen molar-refractivity contribution in [1.29, 1.82) is 0 Å². The van der Waals surface area contributed by atoms with Crippen LogP contribution in [0, 0.1) is 5.92 Å². The van der Waals surface area contributed by atoms with E-state index in [4.69, 9.17) is 4.74 Å². The number of hydrogen-bond donors (Lipinski definition) is 0. The van der Waals surface area contributed by atoms with E-state index in [0.717, 1.165) is 4.43 Å². The van der Waals surface area contributed by atoms with Crippen molar-refractivity contribution in [2.45, 2.75) is 51.7 Å². The van der Waals surface area contributed by atoms with Gasteiger partial charge in [-0.3, -0.25) is 0 Å². The fourth-order valence-corrected chi connectivity index (χ4v) is 2.35. The maximum atomic E-state index is 6.01. The molecule has 1 aliphatic rings. The van der Waals surface area contributed by atoms with Gasteiger partial charge in [-0.1, -0.05) is 49.3 Å². The lowest BCUT2D eigenvalue weighted by Crippen LogP contribution is -2.25. The first-order valence-electron chi connectivity index (χ1n) is 4.95. The van der Waals surface area contributed by atoms with Crippen molar-refractivity contribution in [3.8, 4) is 0 Å². The maximum absolute atomic E-state index is 6.01. The molecule has 1 heterocycles. The van der Waals surface area contributed by atoms with E-state index in [9.17, 15) is 0 Å². The highest BCUT2D eigenvalue weighted by molar-refractivity contribution is 14.1. The quantitative estimate of drug-likeness (QED) is 0.557. The lowest BCUT2D eigenvalue weighted by molar-refractivity contribution is -0.0189. The van der Waals surface area contributed by atoms with Gasteiger partial charge in [0.2, 0.25) is 0 Å². The first-order valence-corrected chi connectivity index (χ1v) is 6.48. The van der Waals surface area contributed by atoms with Crippen LogP contribution in [0.3, 0.4) is 0 Å². The molecule has 0 spiro atoms. The summed E-state index contributed by atoms with van der Waals surface area (Å²) in [7, 11) is 0. The molecule has 1 saturated heterocycles. The SMILES string of the molecule is CC(C)[C@@H]1CCCC[C@H](CI)O1. The van der Waals surface area contributed by atoms with Gasteiger partial charge >= 0.3 is 0 Å². The second-order valence-electron chi connectivity index (χ2n) is 3.98. The second-order valence-corrected chi connectivity index (χ2v) is 4.86. The van der Waals surface area contributed by atoms with E-state index >= 15 is 0 Å². The van der Waals surface area contributed by atoms with Gasteiger partial charge < -0.3 is 4.74 Å². The van der Waals surface area contributed by atoms with Gasteiger partial charge in [-0.15, -0.1) is 0 Å². The molecule has 0 aromatic rings. The molecule has 0 bridgehead atoms. The summed E-state index contributed by atoms with van der Waals surface area (Å²) in [4.78, 5) is 0. The first-order chi connectivity index (χ1) is 5.74. The van der Waals surface area contributed by atoms with Crippen LogP contribution in [-0.4, -0.2) is 16.6 Å². The summed E-state index contributed by atoms with van der Waals surface area (Å²) in [6.45, 7) is 4.53. The van der Waals surface area contributed by atoms with Gasteiger partial charge in [-0.2, -0.15) is 0 Å². The summed E-state index contributed by atoms with van der Waals surface area (Å²) in [5.41, 5.74) is 0. The molecule has 0 unspecified atom stereocenters. The van der Waals surface area contributed by atoms with E-state index in [-0.39, 0.29) is 0 Å². The zero-order valence-electron chi connectivity index (χ0n) is 8.05. The second kappa shape index (κ2) is 5.43. The molecule has 1 rings (SSSR count). The molecule has 1 nitrogen and oxygen atoms in total. The molecule has 2 heteroatoms. The van der Waals surface area contributed by atoms with Gasteiger partial charge in [-0.25, -0.2) is 0 Å². The Balaban J connectivity index is 2.42. The fourth-order valence-electron chi connectivity index (χ4n) is 1.70. The molecule has 0 aromatic carbocycles. The van der Waals surface area contributed by atoms with Crippen LogP contribution in [0.15, 0.2) is 0 Å². The van der Waals surface area contributed by atoms with Crippen molar-refractivity contribution in [2.24, 2.45) is 5.92 Å². The van der Waals surface area contributed by atoms with Crippen molar-refractivity contribution >= 4 is 22.6 Å². The minimum absolute atomic E-state index is 0.521. The van der Waals surface area contributed by atoms with Crippen molar-refractivity contribution < 1.29 is 4.74 Å². The predicted octanol–water partition coefficient (Wildman–Crippen LogP) is 3.41. The standard InChI is InChI=1S/C10H19IO/c1-8(2)10-6-4-3-5-9(7-11)12-10/h8-10H,3-7H2,1-2H3/t9-,10+/m1/s1. The monoisotopic (exact) mass is 282 g/mol. The molecule has 0 N–H and O–H groups in total. The molecular formula is C10H19IO. The normalized spacial score (nSPS) is 32.0. The van der Waals surface area contributed by atoms with Gasteiger partial charge in [0.05, 0.1) is 12.2 Å². The highest BCUT2D eigenvalue weighted by Crippen LogP contribution is 2.24. The van der Waals surface area contributed by atoms with Crippen molar-refractivity contribution in [3.63, 3.8) is 0 Å². The van der Waals surface area contributed by atoms with Crippen LogP contribution in [0.1, 0.15) is 39.5 Å². The summed E-state index contributed by atoms with van der Waals surface area (Å²) in [6.07, 6.45) is 6.30. The van der Waals surface area contributed by atoms with E-state index in [2.05, 4.69) is 36.4 Å². The van der Waals surface area contributed by atoms with E-state index in [0.29, 0.717) is 18.1 Å². The number of ether oxygens (including phenoxy) is 1. The van der Waals surface area contributed by atoms with Crippen LogP contribution in [0.5, 0.6) is 0 Å². The highest BCUT2D eigenvalue weighted by Gasteiger charge is 2.21. The van der Waals surface area contributed by atoms with Crippen LogP contribution < -0.4 is 0 Å². The van der Waals surface area contributed by atoms with Gasteiger partial charge in [0.25, 0.3) is 0 Å². The minimum atomic E-state index is 0.521. The van der Waals surface area contributed by atoms with Crippen molar-refractivity contribution in [3.05, 3.63) is 0 Å². The molecular weight excluding hydrogens is 263 g/mol. The smallest absolute Gasteiger partial charge is 0.0668 e. The van der Waals surface area contributed by atoms with E-state index in [1.54, 1.807) is 0 Å². The number of alkyl halides is 1. The van der Waals surface area contributed by atoms with Gasteiger partial charge in [0, 0.05) is 4.43 Å². The van der Waals surface area contributed by atoms with Crippen LogP contribution in [-0.2, 0) is 4.74 Å². The summed E-state index contributed by atoms with van der Waals surface area (Å²) in [6, 6.07) is 0. The lowest BCUT2D eigenvalue weighted by Gasteiger charge is -2.23. The Kier molecular flexibility index (Phi) is 4.87. The summed E-state index contributed by atoms with van der Waals surface area (Å²) >= 11 is 2.43. The first kappa shape index (κ1) is 10.8. The Hall–Kier alpha value is 0.690. The molecule has 1 aliphatic heterocycles. The molecule has 0 amide bonds. The Labute approximate surface area is 89.4 Å². The third-order valence-corrected chi connectivity index (χ3v) is 3.53. The fraction of sp³-hybridized carbons (Fsp3) is 1.00. The van der Waals surface area contributed by atoms with Gasteiger partial charge in [-0.05, 0) is 18.8 Å². The Bertz CT molecular complexity index is 125. The molecule has 0 radical (unpaired) electrons. The van der Waals surface area contributed by atoms with E-state index in [1.807, 2.05) is 0 Å². The maximum Gasteiger partial charge on any atom is 0.0668 e. The molecule has 0 aliphatic carbocycles. The average molecular weight is 282 g/mol. The Morgan fingerprint density at radius 3 is 2.58 bits per heavy atom. The number of halogens is 1.